The first-order valence-corrected chi connectivity index (χ1v) is 11.5. The predicted molar refractivity (Wildman–Crippen MR) is 114 cm³/mol. The van der Waals surface area contributed by atoms with Crippen molar-refractivity contribution >= 4 is 6.29 Å². The van der Waals surface area contributed by atoms with Gasteiger partial charge in [-0.3, -0.25) is 0 Å². The first-order chi connectivity index (χ1) is 13.6. The fraction of sp³-hybridized carbons (Fsp3) is 0.654. The summed E-state index contributed by atoms with van der Waals surface area (Å²) in [5, 5.41) is 3.51. The molecule has 0 bridgehead atoms. The van der Waals surface area contributed by atoms with Crippen LogP contribution in [0.5, 0.6) is 0 Å². The van der Waals surface area contributed by atoms with Crippen LogP contribution in [0.15, 0.2) is 48.4 Å². The highest BCUT2D eigenvalue weighted by Gasteiger charge is 2.59. The Balaban J connectivity index is 1.51. The summed E-state index contributed by atoms with van der Waals surface area (Å²) in [6.45, 7) is 5.11. The summed E-state index contributed by atoms with van der Waals surface area (Å²) in [6.07, 6.45) is 26.1. The molecule has 0 spiro atoms. The van der Waals surface area contributed by atoms with Gasteiger partial charge in [0, 0.05) is 23.7 Å². The van der Waals surface area contributed by atoms with E-state index in [0.29, 0.717) is 11.3 Å². The molecule has 2 heteroatoms. The Morgan fingerprint density at radius 2 is 1.89 bits per heavy atom. The minimum Gasteiger partial charge on any atom is -0.365 e. The third kappa shape index (κ3) is 2.63. The molecule has 1 heterocycles. The third-order valence-electron chi connectivity index (χ3n) is 9.51. The number of rotatable bonds is 2. The van der Waals surface area contributed by atoms with E-state index in [2.05, 4.69) is 49.5 Å². The van der Waals surface area contributed by atoms with Gasteiger partial charge in [-0.15, -0.1) is 0 Å². The van der Waals surface area contributed by atoms with Crippen molar-refractivity contribution in [3.05, 3.63) is 48.4 Å². The van der Waals surface area contributed by atoms with Crippen molar-refractivity contribution in [3.63, 3.8) is 0 Å². The molecule has 5 rings (SSSR count). The molecular formula is C26H35NO. The van der Waals surface area contributed by atoms with Crippen LogP contribution in [0.2, 0.25) is 0 Å². The fourth-order valence-electron chi connectivity index (χ4n) is 8.17. The van der Waals surface area contributed by atoms with E-state index >= 15 is 0 Å². The molecule has 0 saturated heterocycles. The number of hydrogen-bond acceptors (Lipinski definition) is 2. The molecule has 5 aliphatic rings. The molecule has 0 aromatic rings. The number of carbonyl (C=O) groups is 1. The lowest BCUT2D eigenvalue weighted by Gasteiger charge is -2.60. The molecule has 150 valence electrons. The number of hydrogen-bond donors (Lipinski definition) is 1. The standard InChI is InChI=1S/C26H35NO/c1-25-13-6-7-20(25)19-9-10-22-24(23-8-4-3-5-16-27-23)18(17-28)11-15-26(22,2)21(19)12-14-25/h3-5,8,11,15-22,24,27H,6-7,9-10,12-14H2,1-2H3/t18?,19-,20-,21-,22?,24?,25-,26+/m0/s1. The summed E-state index contributed by atoms with van der Waals surface area (Å²) >= 11 is 0. The molecule has 3 fully saturated rings. The normalized spacial score (nSPS) is 49.3. The van der Waals surface area contributed by atoms with Gasteiger partial charge in [-0.25, -0.2) is 0 Å². The topological polar surface area (TPSA) is 29.1 Å². The van der Waals surface area contributed by atoms with Gasteiger partial charge in [0.25, 0.3) is 0 Å². The van der Waals surface area contributed by atoms with E-state index in [0.717, 1.165) is 17.8 Å². The highest BCUT2D eigenvalue weighted by atomic mass is 16.1. The molecule has 0 aromatic heterocycles. The van der Waals surface area contributed by atoms with E-state index < -0.39 is 0 Å². The molecule has 3 saturated carbocycles. The molecule has 8 atom stereocenters. The molecule has 3 unspecified atom stereocenters. The highest BCUT2D eigenvalue weighted by molar-refractivity contribution is 5.59. The number of aldehydes is 1. The second-order valence-corrected chi connectivity index (χ2v) is 10.6. The van der Waals surface area contributed by atoms with Gasteiger partial charge in [0.1, 0.15) is 6.29 Å². The lowest BCUT2D eigenvalue weighted by molar-refractivity contribution is -0.115. The summed E-state index contributed by atoms with van der Waals surface area (Å²) in [5.74, 6) is 3.42. The maximum atomic E-state index is 12.0. The zero-order valence-corrected chi connectivity index (χ0v) is 17.4. The molecule has 1 N–H and O–H groups in total. The Labute approximate surface area is 170 Å². The van der Waals surface area contributed by atoms with E-state index in [4.69, 9.17) is 0 Å². The van der Waals surface area contributed by atoms with Gasteiger partial charge in [0.2, 0.25) is 0 Å². The summed E-state index contributed by atoms with van der Waals surface area (Å²) in [4.78, 5) is 12.0. The van der Waals surface area contributed by atoms with E-state index in [1.165, 1.54) is 56.9 Å². The molecule has 0 radical (unpaired) electrons. The molecule has 4 aliphatic carbocycles. The Morgan fingerprint density at radius 3 is 2.75 bits per heavy atom. The van der Waals surface area contributed by atoms with Crippen LogP contribution in [0.1, 0.15) is 58.8 Å². The third-order valence-corrected chi connectivity index (χ3v) is 9.51. The van der Waals surface area contributed by atoms with Crippen molar-refractivity contribution in [2.75, 3.05) is 0 Å². The van der Waals surface area contributed by atoms with Crippen LogP contribution in [0.4, 0.5) is 0 Å². The van der Waals surface area contributed by atoms with Gasteiger partial charge in [-0.1, -0.05) is 44.6 Å². The Kier molecular flexibility index (Phi) is 4.45. The number of nitrogens with one attached hydrogen (secondary N) is 1. The van der Waals surface area contributed by atoms with Crippen LogP contribution >= 0.6 is 0 Å². The Bertz CT molecular complexity index is 760. The van der Waals surface area contributed by atoms with Gasteiger partial charge >= 0.3 is 0 Å². The van der Waals surface area contributed by atoms with Gasteiger partial charge in [-0.05, 0) is 85.2 Å². The minimum atomic E-state index is -0.00591. The monoisotopic (exact) mass is 377 g/mol. The van der Waals surface area contributed by atoms with Crippen LogP contribution in [0, 0.1) is 46.3 Å². The van der Waals surface area contributed by atoms with E-state index in [-0.39, 0.29) is 17.3 Å². The van der Waals surface area contributed by atoms with Crippen LogP contribution in [0.3, 0.4) is 0 Å². The molecule has 2 nitrogen and oxygen atoms in total. The van der Waals surface area contributed by atoms with Crippen LogP contribution in [-0.2, 0) is 4.79 Å². The maximum Gasteiger partial charge on any atom is 0.127 e. The van der Waals surface area contributed by atoms with Crippen molar-refractivity contribution in [1.29, 1.82) is 0 Å². The zero-order valence-electron chi connectivity index (χ0n) is 17.4. The first kappa shape index (κ1) is 18.5. The second-order valence-electron chi connectivity index (χ2n) is 10.6. The van der Waals surface area contributed by atoms with Crippen molar-refractivity contribution < 1.29 is 4.79 Å². The summed E-state index contributed by atoms with van der Waals surface area (Å²) in [6, 6.07) is 0. The van der Waals surface area contributed by atoms with Crippen LogP contribution in [-0.4, -0.2) is 6.29 Å². The summed E-state index contributed by atoms with van der Waals surface area (Å²) in [5.41, 5.74) is 2.05. The lowest BCUT2D eigenvalue weighted by atomic mass is 9.44. The summed E-state index contributed by atoms with van der Waals surface area (Å²) in [7, 11) is 0. The van der Waals surface area contributed by atoms with Crippen molar-refractivity contribution in [2.45, 2.75) is 58.8 Å². The number of carbonyl (C=O) groups excluding carboxylic acids is 1. The SMILES string of the molecule is C[C@@]12CCC[C@H]1[C@@H]1CCC3C(C4=CC=CC=CN4)C(C=O)C=C[C@]3(C)[C@H]1CC2. The Morgan fingerprint density at radius 1 is 1.00 bits per heavy atom. The lowest BCUT2D eigenvalue weighted by Crippen LogP contribution is -2.54. The van der Waals surface area contributed by atoms with Gasteiger partial charge in [0.05, 0.1) is 0 Å². The molecule has 1 aliphatic heterocycles. The average Bonchev–Trinajstić information content (AvgIpc) is 2.91. The fourth-order valence-corrected chi connectivity index (χ4v) is 8.17. The number of allylic oxidation sites excluding steroid dienone is 7. The highest BCUT2D eigenvalue weighted by Crippen LogP contribution is 2.66. The first-order valence-electron chi connectivity index (χ1n) is 11.5. The van der Waals surface area contributed by atoms with Crippen molar-refractivity contribution in [2.24, 2.45) is 46.3 Å². The van der Waals surface area contributed by atoms with E-state index in [9.17, 15) is 4.79 Å². The van der Waals surface area contributed by atoms with E-state index in [1.54, 1.807) is 0 Å². The maximum absolute atomic E-state index is 12.0. The smallest absolute Gasteiger partial charge is 0.127 e. The summed E-state index contributed by atoms with van der Waals surface area (Å²) < 4.78 is 0. The van der Waals surface area contributed by atoms with Crippen LogP contribution in [0.25, 0.3) is 0 Å². The molecular weight excluding hydrogens is 342 g/mol. The average molecular weight is 378 g/mol. The zero-order chi connectivity index (χ0) is 19.4. The Hall–Kier alpha value is -1.57. The van der Waals surface area contributed by atoms with Gasteiger partial charge in [-0.2, -0.15) is 0 Å². The minimum absolute atomic E-state index is 0.00591. The van der Waals surface area contributed by atoms with E-state index in [1.807, 2.05) is 12.3 Å². The number of fused-ring (bicyclic) bond motifs is 5. The van der Waals surface area contributed by atoms with Gasteiger partial charge in [0.15, 0.2) is 0 Å². The molecule has 28 heavy (non-hydrogen) atoms. The van der Waals surface area contributed by atoms with Crippen molar-refractivity contribution in [3.8, 4) is 0 Å². The predicted octanol–water partition coefficient (Wildman–Crippen LogP) is 5.79. The largest absolute Gasteiger partial charge is 0.365 e. The molecule has 0 aromatic carbocycles. The molecule has 0 amide bonds. The van der Waals surface area contributed by atoms with Gasteiger partial charge < -0.3 is 10.1 Å². The van der Waals surface area contributed by atoms with Crippen molar-refractivity contribution in [1.82, 2.24) is 5.32 Å². The second kappa shape index (κ2) is 6.75. The quantitative estimate of drug-likeness (QED) is 0.487. The van der Waals surface area contributed by atoms with Crippen LogP contribution < -0.4 is 5.32 Å².